The van der Waals surface area contributed by atoms with E-state index in [1.165, 1.54) is 12.1 Å². The first kappa shape index (κ1) is 16.9. The van der Waals surface area contributed by atoms with E-state index < -0.39 is 23.7 Å². The van der Waals surface area contributed by atoms with Crippen LogP contribution in [0.3, 0.4) is 0 Å². The highest BCUT2D eigenvalue weighted by Gasteiger charge is 2.21. The summed E-state index contributed by atoms with van der Waals surface area (Å²) in [6.45, 7) is 5.16. The number of nitrogens with one attached hydrogen (secondary N) is 1. The lowest BCUT2D eigenvalue weighted by atomic mass is 10.0. The van der Waals surface area contributed by atoms with E-state index in [9.17, 15) is 14.0 Å². The molecule has 116 valence electrons. The van der Waals surface area contributed by atoms with E-state index in [1.54, 1.807) is 32.9 Å². The molecule has 0 saturated carbocycles. The van der Waals surface area contributed by atoms with E-state index in [2.05, 4.69) is 5.32 Å². The summed E-state index contributed by atoms with van der Waals surface area (Å²) in [6, 6.07) is 5.08. The second-order valence-corrected chi connectivity index (χ2v) is 5.77. The highest BCUT2D eigenvalue weighted by molar-refractivity contribution is 5.71. The molecule has 0 fully saturated rings. The van der Waals surface area contributed by atoms with E-state index >= 15 is 0 Å². The molecule has 0 aliphatic rings. The molecule has 0 spiro atoms. The van der Waals surface area contributed by atoms with E-state index in [1.807, 2.05) is 0 Å². The van der Waals surface area contributed by atoms with Gasteiger partial charge in [0.15, 0.2) is 0 Å². The molecule has 5 nitrogen and oxygen atoms in total. The third kappa shape index (κ3) is 7.29. The fraction of sp³-hybridized carbons (Fsp3) is 0.467. The summed E-state index contributed by atoms with van der Waals surface area (Å²) in [5.41, 5.74) is 0.0759. The molecule has 0 radical (unpaired) electrons. The first-order valence-electron chi connectivity index (χ1n) is 6.61. The molecule has 0 aromatic heterocycles. The van der Waals surface area contributed by atoms with Crippen LogP contribution >= 0.6 is 0 Å². The Morgan fingerprint density at radius 2 is 1.86 bits per heavy atom. The lowest BCUT2D eigenvalue weighted by molar-refractivity contribution is -0.137. The summed E-state index contributed by atoms with van der Waals surface area (Å²) in [4.78, 5) is 22.6. The van der Waals surface area contributed by atoms with Gasteiger partial charge >= 0.3 is 12.1 Å². The summed E-state index contributed by atoms with van der Waals surface area (Å²) in [6.07, 6.45) is -0.626. The Kier molecular flexibility index (Phi) is 5.69. The number of rotatable bonds is 5. The molecule has 0 saturated heterocycles. The molecule has 1 aromatic carbocycles. The predicted molar refractivity (Wildman–Crippen MR) is 75.5 cm³/mol. The van der Waals surface area contributed by atoms with Crippen molar-refractivity contribution in [2.45, 2.75) is 45.3 Å². The number of hydrogen-bond donors (Lipinski definition) is 2. The second-order valence-electron chi connectivity index (χ2n) is 5.77. The SMILES string of the molecule is CC(C)(C)OC(=O)NC(CC(=O)O)Cc1ccc(F)cc1. The molecule has 0 heterocycles. The number of halogens is 1. The number of carboxylic acids is 1. The van der Waals surface area contributed by atoms with Crippen molar-refractivity contribution in [3.63, 3.8) is 0 Å². The molecular formula is C15H20FNO4. The summed E-state index contributed by atoms with van der Waals surface area (Å²) < 4.78 is 17.9. The highest BCUT2D eigenvalue weighted by Crippen LogP contribution is 2.10. The predicted octanol–water partition coefficient (Wildman–Crippen LogP) is 2.74. The molecule has 1 rings (SSSR count). The van der Waals surface area contributed by atoms with Crippen LogP contribution in [0, 0.1) is 5.82 Å². The zero-order valence-electron chi connectivity index (χ0n) is 12.4. The maximum absolute atomic E-state index is 12.8. The summed E-state index contributed by atoms with van der Waals surface area (Å²) in [5, 5.41) is 11.4. The zero-order valence-corrected chi connectivity index (χ0v) is 12.4. The standard InChI is InChI=1S/C15H20FNO4/c1-15(2,3)21-14(20)17-12(9-13(18)19)8-10-4-6-11(16)7-5-10/h4-7,12H,8-9H2,1-3H3,(H,17,20)(H,18,19). The number of amides is 1. The van der Waals surface area contributed by atoms with Crippen LogP contribution in [0.1, 0.15) is 32.8 Å². The van der Waals surface area contributed by atoms with E-state index in [0.717, 1.165) is 5.56 Å². The largest absolute Gasteiger partial charge is 0.481 e. The van der Waals surface area contributed by atoms with E-state index in [-0.39, 0.29) is 18.7 Å². The smallest absolute Gasteiger partial charge is 0.407 e. The molecule has 1 atom stereocenters. The Labute approximate surface area is 123 Å². The first-order chi connectivity index (χ1) is 9.65. The number of carboxylic acid groups (broad SMARTS) is 1. The summed E-state index contributed by atoms with van der Waals surface area (Å²) >= 11 is 0. The Balaban J connectivity index is 2.69. The van der Waals surface area contributed by atoms with Crippen molar-refractivity contribution >= 4 is 12.1 Å². The number of carbonyl (C=O) groups is 2. The Bertz CT molecular complexity index is 493. The van der Waals surface area contributed by atoms with Crippen molar-refractivity contribution in [1.29, 1.82) is 0 Å². The van der Waals surface area contributed by atoms with Crippen molar-refractivity contribution in [2.24, 2.45) is 0 Å². The highest BCUT2D eigenvalue weighted by atomic mass is 19.1. The van der Waals surface area contributed by atoms with E-state index in [4.69, 9.17) is 9.84 Å². The minimum absolute atomic E-state index is 0.239. The first-order valence-corrected chi connectivity index (χ1v) is 6.61. The minimum atomic E-state index is -1.03. The van der Waals surface area contributed by atoms with Gasteiger partial charge in [-0.15, -0.1) is 0 Å². The van der Waals surface area contributed by atoms with Gasteiger partial charge in [0.2, 0.25) is 0 Å². The van der Waals surface area contributed by atoms with Crippen molar-refractivity contribution in [3.05, 3.63) is 35.6 Å². The second kappa shape index (κ2) is 7.06. The van der Waals surface area contributed by atoms with Gasteiger partial charge in [0, 0.05) is 6.04 Å². The summed E-state index contributed by atoms with van der Waals surface area (Å²) in [7, 11) is 0. The molecule has 0 bridgehead atoms. The van der Waals surface area contributed by atoms with Crippen LogP contribution in [-0.4, -0.2) is 28.8 Å². The maximum Gasteiger partial charge on any atom is 0.407 e. The summed E-state index contributed by atoms with van der Waals surface area (Å²) in [5.74, 6) is -1.40. The normalized spacial score (nSPS) is 12.6. The number of benzene rings is 1. The zero-order chi connectivity index (χ0) is 16.0. The van der Waals surface area contributed by atoms with Gasteiger partial charge in [0.05, 0.1) is 6.42 Å². The van der Waals surface area contributed by atoms with E-state index in [0.29, 0.717) is 0 Å². The number of aliphatic carboxylic acids is 1. The minimum Gasteiger partial charge on any atom is -0.481 e. The van der Waals surface area contributed by atoms with Crippen LogP contribution < -0.4 is 5.32 Å². The Hall–Kier alpha value is -2.11. The number of carbonyl (C=O) groups excluding carboxylic acids is 1. The van der Waals surface area contributed by atoms with Crippen molar-refractivity contribution in [3.8, 4) is 0 Å². The van der Waals surface area contributed by atoms with Crippen LogP contribution in [0.4, 0.5) is 9.18 Å². The molecule has 6 heteroatoms. The fourth-order valence-electron chi connectivity index (χ4n) is 1.76. The van der Waals surface area contributed by atoms with Gasteiger partial charge in [-0.3, -0.25) is 4.79 Å². The number of ether oxygens (including phenoxy) is 1. The third-order valence-corrected chi connectivity index (χ3v) is 2.54. The molecule has 2 N–H and O–H groups in total. The molecule has 0 aliphatic carbocycles. The van der Waals surface area contributed by atoms with Crippen molar-refractivity contribution in [1.82, 2.24) is 5.32 Å². The van der Waals surface area contributed by atoms with Gasteiger partial charge in [-0.25, -0.2) is 9.18 Å². The van der Waals surface area contributed by atoms with Gasteiger partial charge in [-0.2, -0.15) is 0 Å². The molecular weight excluding hydrogens is 277 g/mol. The Morgan fingerprint density at radius 3 is 2.33 bits per heavy atom. The number of alkyl carbamates (subject to hydrolysis) is 1. The molecule has 1 aromatic rings. The van der Waals surface area contributed by atoms with Gasteiger partial charge < -0.3 is 15.2 Å². The van der Waals surface area contributed by atoms with Gasteiger partial charge in [-0.1, -0.05) is 12.1 Å². The molecule has 1 unspecified atom stereocenters. The van der Waals surface area contributed by atoms with Crippen LogP contribution in [-0.2, 0) is 16.0 Å². The molecule has 1 amide bonds. The van der Waals surface area contributed by atoms with Crippen LogP contribution in [0.25, 0.3) is 0 Å². The average molecular weight is 297 g/mol. The lowest BCUT2D eigenvalue weighted by Gasteiger charge is -2.23. The van der Waals surface area contributed by atoms with Crippen LogP contribution in [0.2, 0.25) is 0 Å². The van der Waals surface area contributed by atoms with Gasteiger partial charge in [-0.05, 0) is 44.9 Å². The van der Waals surface area contributed by atoms with Gasteiger partial charge in [0.25, 0.3) is 0 Å². The third-order valence-electron chi connectivity index (χ3n) is 2.54. The fourth-order valence-corrected chi connectivity index (χ4v) is 1.76. The maximum atomic E-state index is 12.8. The number of hydrogen-bond acceptors (Lipinski definition) is 3. The molecule has 21 heavy (non-hydrogen) atoms. The average Bonchev–Trinajstić information content (AvgIpc) is 2.28. The van der Waals surface area contributed by atoms with Crippen LogP contribution in [0.15, 0.2) is 24.3 Å². The monoisotopic (exact) mass is 297 g/mol. The quantitative estimate of drug-likeness (QED) is 0.876. The van der Waals surface area contributed by atoms with Crippen molar-refractivity contribution in [2.75, 3.05) is 0 Å². The van der Waals surface area contributed by atoms with Crippen molar-refractivity contribution < 1.29 is 23.8 Å². The topological polar surface area (TPSA) is 75.6 Å². The van der Waals surface area contributed by atoms with Gasteiger partial charge in [0.1, 0.15) is 11.4 Å². The molecule has 0 aliphatic heterocycles. The van der Waals surface area contributed by atoms with Crippen LogP contribution in [0.5, 0.6) is 0 Å². The lowest BCUT2D eigenvalue weighted by Crippen LogP contribution is -2.41. The Morgan fingerprint density at radius 1 is 1.29 bits per heavy atom.